The number of nitrogens with zero attached hydrogens (tertiary/aromatic N) is 2. The maximum absolute atomic E-state index is 13.0. The van der Waals surface area contributed by atoms with E-state index < -0.39 is 23.2 Å². The normalized spacial score (nSPS) is 18.2. The zero-order chi connectivity index (χ0) is 21.4. The van der Waals surface area contributed by atoms with Crippen molar-refractivity contribution < 1.29 is 27.8 Å². The third kappa shape index (κ3) is 3.54. The van der Waals surface area contributed by atoms with Crippen molar-refractivity contribution in [2.75, 3.05) is 6.61 Å². The minimum atomic E-state index is -4.48. The zero-order valence-corrected chi connectivity index (χ0v) is 15.5. The number of carbonyl (C=O) groups is 1. The first-order valence-corrected chi connectivity index (χ1v) is 9.03. The summed E-state index contributed by atoms with van der Waals surface area (Å²) in [5.74, 6) is -0.224. The van der Waals surface area contributed by atoms with Crippen LogP contribution in [0.25, 0.3) is 0 Å². The van der Waals surface area contributed by atoms with Gasteiger partial charge in [-0.3, -0.25) is 9.78 Å². The number of halogens is 3. The van der Waals surface area contributed by atoms with Gasteiger partial charge in [-0.1, -0.05) is 12.1 Å². The summed E-state index contributed by atoms with van der Waals surface area (Å²) in [6.45, 7) is 0.225. The van der Waals surface area contributed by atoms with E-state index in [1.165, 1.54) is 30.5 Å². The van der Waals surface area contributed by atoms with Crippen LogP contribution in [-0.2, 0) is 11.7 Å². The number of fused-ring (bicyclic) bond motifs is 1. The average Bonchev–Trinajstić information content (AvgIpc) is 2.74. The van der Waals surface area contributed by atoms with Gasteiger partial charge in [0.2, 0.25) is 0 Å². The lowest BCUT2D eigenvalue weighted by atomic mass is 9.81. The Morgan fingerprint density at radius 1 is 1.10 bits per heavy atom. The van der Waals surface area contributed by atoms with Gasteiger partial charge in [-0.2, -0.15) is 13.2 Å². The molecular formula is C21H16F3N3O3. The molecule has 1 amide bonds. The van der Waals surface area contributed by atoms with Gasteiger partial charge in [-0.05, 0) is 42.0 Å². The summed E-state index contributed by atoms with van der Waals surface area (Å²) >= 11 is 0. The molecule has 0 saturated heterocycles. The highest BCUT2D eigenvalue weighted by Gasteiger charge is 2.43. The number of hydrogen-bond acceptors (Lipinski definition) is 5. The highest BCUT2D eigenvalue weighted by molar-refractivity contribution is 5.93. The van der Waals surface area contributed by atoms with Crippen LogP contribution in [0, 0.1) is 0 Å². The Bertz CT molecular complexity index is 1070. The van der Waals surface area contributed by atoms with Crippen molar-refractivity contribution in [3.05, 3.63) is 83.4 Å². The maximum Gasteiger partial charge on any atom is 0.416 e. The number of aromatic hydroxyl groups is 1. The number of nitrogens with one attached hydrogen (secondary N) is 1. The molecule has 2 N–H and O–H groups in total. The number of benzene rings is 1. The molecule has 1 atom stereocenters. The smallest absolute Gasteiger partial charge is 0.416 e. The monoisotopic (exact) mass is 415 g/mol. The molecule has 1 aliphatic heterocycles. The van der Waals surface area contributed by atoms with Crippen LogP contribution in [0.2, 0.25) is 0 Å². The summed E-state index contributed by atoms with van der Waals surface area (Å²) in [4.78, 5) is 21.2. The summed E-state index contributed by atoms with van der Waals surface area (Å²) in [6, 6.07) is 10.6. The van der Waals surface area contributed by atoms with Gasteiger partial charge in [0.25, 0.3) is 5.91 Å². The predicted molar refractivity (Wildman–Crippen MR) is 99.9 cm³/mol. The predicted octanol–water partition coefficient (Wildman–Crippen LogP) is 3.66. The number of pyridine rings is 2. The van der Waals surface area contributed by atoms with Gasteiger partial charge in [0.15, 0.2) is 0 Å². The first kappa shape index (κ1) is 19.7. The molecule has 0 bridgehead atoms. The van der Waals surface area contributed by atoms with Gasteiger partial charge in [0, 0.05) is 12.6 Å². The molecule has 1 unspecified atom stereocenters. The van der Waals surface area contributed by atoms with E-state index in [4.69, 9.17) is 4.74 Å². The molecule has 1 aromatic carbocycles. The molecule has 3 heterocycles. The number of ether oxygens (including phenoxy) is 1. The van der Waals surface area contributed by atoms with Crippen LogP contribution in [0.15, 0.2) is 60.9 Å². The van der Waals surface area contributed by atoms with Gasteiger partial charge < -0.3 is 15.2 Å². The average molecular weight is 415 g/mol. The molecule has 0 fully saturated rings. The first-order valence-electron chi connectivity index (χ1n) is 9.03. The minimum Gasteiger partial charge on any atom is -0.506 e. The van der Waals surface area contributed by atoms with Gasteiger partial charge >= 0.3 is 6.18 Å². The van der Waals surface area contributed by atoms with Crippen LogP contribution in [0.3, 0.4) is 0 Å². The fraction of sp³-hybridized carbons (Fsp3) is 0.190. The molecule has 30 heavy (non-hydrogen) atoms. The number of amides is 1. The highest BCUT2D eigenvalue weighted by atomic mass is 19.4. The number of rotatable bonds is 3. The van der Waals surface area contributed by atoms with Crippen LogP contribution < -0.4 is 10.1 Å². The van der Waals surface area contributed by atoms with Crippen LogP contribution in [0.5, 0.6) is 11.5 Å². The van der Waals surface area contributed by atoms with E-state index in [2.05, 4.69) is 15.3 Å². The Labute approximate surface area is 169 Å². The third-order valence-corrected chi connectivity index (χ3v) is 4.92. The van der Waals surface area contributed by atoms with E-state index in [-0.39, 0.29) is 24.5 Å². The molecule has 154 valence electrons. The fourth-order valence-electron chi connectivity index (χ4n) is 3.46. The van der Waals surface area contributed by atoms with Crippen molar-refractivity contribution in [1.29, 1.82) is 0 Å². The molecule has 6 nitrogen and oxygen atoms in total. The molecule has 1 aliphatic rings. The van der Waals surface area contributed by atoms with Crippen LogP contribution in [0.1, 0.15) is 33.7 Å². The van der Waals surface area contributed by atoms with Crippen LogP contribution in [-0.4, -0.2) is 27.6 Å². The van der Waals surface area contributed by atoms with Crippen molar-refractivity contribution in [3.8, 4) is 11.5 Å². The molecule has 0 radical (unpaired) electrons. The Morgan fingerprint density at radius 2 is 1.87 bits per heavy atom. The maximum atomic E-state index is 13.0. The standard InChI is InChI=1S/C21H16F3N3O3/c22-21(23,24)14-5-3-13(4-6-14)20(9-11-30-17-2-1-10-25-18(17)20)27-19(29)16-8-7-15(28)12-26-16/h1-8,10,12,28H,9,11H2,(H,27,29). The van der Waals surface area contributed by atoms with E-state index in [0.29, 0.717) is 17.0 Å². The quantitative estimate of drug-likeness (QED) is 0.682. The summed E-state index contributed by atoms with van der Waals surface area (Å²) in [6.07, 6.45) is -1.56. The Hall–Kier alpha value is -3.62. The van der Waals surface area contributed by atoms with Crippen LogP contribution >= 0.6 is 0 Å². The highest BCUT2D eigenvalue weighted by Crippen LogP contribution is 2.41. The molecule has 0 saturated carbocycles. The molecule has 3 aromatic rings. The Balaban J connectivity index is 1.80. The summed E-state index contributed by atoms with van der Waals surface area (Å²) in [5.41, 5.74) is -1.13. The largest absolute Gasteiger partial charge is 0.506 e. The van der Waals surface area contributed by atoms with E-state index in [1.807, 2.05) is 0 Å². The van der Waals surface area contributed by atoms with Crippen molar-refractivity contribution in [2.24, 2.45) is 0 Å². The lowest BCUT2D eigenvalue weighted by Gasteiger charge is -2.39. The first-order chi connectivity index (χ1) is 14.3. The number of hydrogen-bond donors (Lipinski definition) is 2. The summed E-state index contributed by atoms with van der Waals surface area (Å²) in [5, 5.41) is 12.3. The van der Waals surface area contributed by atoms with Crippen molar-refractivity contribution >= 4 is 5.91 Å². The fourth-order valence-corrected chi connectivity index (χ4v) is 3.46. The lowest BCUT2D eigenvalue weighted by Crippen LogP contribution is -2.50. The molecule has 4 rings (SSSR count). The van der Waals surface area contributed by atoms with Crippen molar-refractivity contribution in [2.45, 2.75) is 18.1 Å². The molecule has 2 aromatic heterocycles. The second-order valence-electron chi connectivity index (χ2n) is 6.78. The van der Waals surface area contributed by atoms with E-state index in [0.717, 1.165) is 18.3 Å². The molecule has 0 spiro atoms. The molecule has 0 aliphatic carbocycles. The third-order valence-electron chi connectivity index (χ3n) is 4.92. The van der Waals surface area contributed by atoms with Gasteiger partial charge in [0.05, 0.1) is 18.4 Å². The second-order valence-corrected chi connectivity index (χ2v) is 6.78. The SMILES string of the molecule is O=C(NC1(c2ccc(C(F)(F)F)cc2)CCOc2cccnc21)c1ccc(O)cn1. The van der Waals surface area contributed by atoms with Gasteiger partial charge in [-0.25, -0.2) is 4.98 Å². The van der Waals surface area contributed by atoms with E-state index in [1.54, 1.807) is 12.1 Å². The topological polar surface area (TPSA) is 84.3 Å². The summed E-state index contributed by atoms with van der Waals surface area (Å²) in [7, 11) is 0. The number of carbonyl (C=O) groups excluding carboxylic acids is 1. The van der Waals surface area contributed by atoms with Gasteiger partial charge in [-0.15, -0.1) is 0 Å². The zero-order valence-electron chi connectivity index (χ0n) is 15.5. The Morgan fingerprint density at radius 3 is 2.53 bits per heavy atom. The molecular weight excluding hydrogens is 399 g/mol. The second kappa shape index (κ2) is 7.33. The van der Waals surface area contributed by atoms with E-state index in [9.17, 15) is 23.1 Å². The van der Waals surface area contributed by atoms with Crippen molar-refractivity contribution in [1.82, 2.24) is 15.3 Å². The van der Waals surface area contributed by atoms with E-state index >= 15 is 0 Å². The number of alkyl halides is 3. The summed E-state index contributed by atoms with van der Waals surface area (Å²) < 4.78 is 44.7. The number of aromatic nitrogens is 2. The van der Waals surface area contributed by atoms with Crippen molar-refractivity contribution in [3.63, 3.8) is 0 Å². The molecule has 9 heteroatoms. The lowest BCUT2D eigenvalue weighted by molar-refractivity contribution is -0.137. The van der Waals surface area contributed by atoms with Gasteiger partial charge in [0.1, 0.15) is 28.4 Å². The Kier molecular flexibility index (Phi) is 4.81. The minimum absolute atomic E-state index is 0.0445. The van der Waals surface area contributed by atoms with Crippen LogP contribution in [0.4, 0.5) is 13.2 Å².